The quantitative estimate of drug-likeness (QED) is 0.725. The number of rotatable bonds is 7. The summed E-state index contributed by atoms with van der Waals surface area (Å²) in [4.78, 5) is 13.6. The van der Waals surface area contributed by atoms with Crippen LogP contribution < -0.4 is 9.64 Å². The summed E-state index contributed by atoms with van der Waals surface area (Å²) in [5.41, 5.74) is 0.828. The van der Waals surface area contributed by atoms with E-state index >= 15 is 0 Å². The first-order valence-corrected chi connectivity index (χ1v) is 9.28. The van der Waals surface area contributed by atoms with Gasteiger partial charge in [-0.2, -0.15) is 0 Å². The van der Waals surface area contributed by atoms with Crippen molar-refractivity contribution in [3.8, 4) is 5.75 Å². The average Bonchev–Trinajstić information content (AvgIpc) is 2.99. The Morgan fingerprint density at radius 1 is 1.15 bits per heavy atom. The summed E-state index contributed by atoms with van der Waals surface area (Å²) in [5.74, 6) is 0.130. The molecule has 2 aliphatic heterocycles. The molecule has 0 saturated carbocycles. The number of cyclic esters (lactones) is 1. The van der Waals surface area contributed by atoms with E-state index in [9.17, 15) is 4.79 Å². The number of amides is 1. The van der Waals surface area contributed by atoms with Crippen LogP contribution in [-0.2, 0) is 18.9 Å². The molecule has 0 N–H and O–H groups in total. The van der Waals surface area contributed by atoms with Gasteiger partial charge in [-0.1, -0.05) is 13.8 Å². The Morgan fingerprint density at radius 3 is 2.44 bits per heavy atom. The minimum atomic E-state index is -0.606. The van der Waals surface area contributed by atoms with Gasteiger partial charge >= 0.3 is 6.09 Å². The van der Waals surface area contributed by atoms with Crippen LogP contribution in [0.2, 0.25) is 0 Å². The third kappa shape index (κ3) is 5.12. The molecule has 2 saturated heterocycles. The van der Waals surface area contributed by atoms with E-state index in [2.05, 4.69) is 13.8 Å². The maximum atomic E-state index is 12.0. The molecule has 2 heterocycles. The number of hydrogen-bond acceptors (Lipinski definition) is 6. The fourth-order valence-corrected chi connectivity index (χ4v) is 3.01. The molecule has 0 bridgehead atoms. The zero-order valence-electron chi connectivity index (χ0n) is 16.5. The van der Waals surface area contributed by atoms with E-state index in [1.54, 1.807) is 12.0 Å². The van der Waals surface area contributed by atoms with Gasteiger partial charge in [-0.3, -0.25) is 4.90 Å². The third-order valence-electron chi connectivity index (χ3n) is 4.74. The van der Waals surface area contributed by atoms with E-state index < -0.39 is 5.79 Å². The van der Waals surface area contributed by atoms with E-state index in [0.29, 0.717) is 39.4 Å². The molecule has 1 atom stereocenters. The van der Waals surface area contributed by atoms with Gasteiger partial charge in [-0.25, -0.2) is 4.79 Å². The average molecular weight is 379 g/mol. The molecule has 1 unspecified atom stereocenters. The number of benzene rings is 1. The van der Waals surface area contributed by atoms with Crippen LogP contribution in [-0.4, -0.2) is 58.1 Å². The van der Waals surface area contributed by atoms with Crippen molar-refractivity contribution in [2.24, 2.45) is 5.41 Å². The summed E-state index contributed by atoms with van der Waals surface area (Å²) >= 11 is 0. The highest BCUT2D eigenvalue weighted by Gasteiger charge is 2.36. The van der Waals surface area contributed by atoms with Crippen molar-refractivity contribution < 1.29 is 28.5 Å². The zero-order valence-corrected chi connectivity index (χ0v) is 16.5. The van der Waals surface area contributed by atoms with Gasteiger partial charge in [-0.15, -0.1) is 0 Å². The largest absolute Gasteiger partial charge is 0.493 e. The molecular weight excluding hydrogens is 350 g/mol. The van der Waals surface area contributed by atoms with Crippen molar-refractivity contribution in [1.82, 2.24) is 0 Å². The van der Waals surface area contributed by atoms with E-state index in [-0.39, 0.29) is 17.6 Å². The highest BCUT2D eigenvalue weighted by atomic mass is 16.7. The lowest BCUT2D eigenvalue weighted by Crippen LogP contribution is -2.46. The van der Waals surface area contributed by atoms with Crippen molar-refractivity contribution in [1.29, 1.82) is 0 Å². The monoisotopic (exact) mass is 379 g/mol. The second-order valence-electron chi connectivity index (χ2n) is 8.04. The van der Waals surface area contributed by atoms with Crippen LogP contribution in [0.4, 0.5) is 10.5 Å². The molecule has 0 aromatic heterocycles. The Bertz CT molecular complexity index is 634. The number of carbonyl (C=O) groups is 1. The summed E-state index contributed by atoms with van der Waals surface area (Å²) in [6, 6.07) is 7.40. The molecule has 3 rings (SSSR count). The number of methoxy groups -OCH3 is 1. The SMILES string of the molecule is COCC1CN(c2ccc(OCCC3(C)OCC(C)(C)CO3)cc2)C(=O)O1. The molecule has 0 spiro atoms. The molecule has 1 aromatic rings. The van der Waals surface area contributed by atoms with Gasteiger partial charge in [0.25, 0.3) is 0 Å². The smallest absolute Gasteiger partial charge is 0.414 e. The standard InChI is InChI=1S/C20H29NO6/c1-19(2)13-25-20(3,26-14-19)9-10-24-16-7-5-15(6-8-16)21-11-17(12-23-4)27-18(21)22/h5-8,17H,9-14H2,1-4H3. The van der Waals surface area contributed by atoms with Gasteiger partial charge in [0.15, 0.2) is 5.79 Å². The van der Waals surface area contributed by atoms with Crippen LogP contribution in [0.25, 0.3) is 0 Å². The number of anilines is 1. The predicted octanol–water partition coefficient (Wildman–Crippen LogP) is 3.22. The lowest BCUT2D eigenvalue weighted by atomic mass is 9.94. The van der Waals surface area contributed by atoms with Crippen LogP contribution in [0.3, 0.4) is 0 Å². The van der Waals surface area contributed by atoms with Crippen LogP contribution in [0, 0.1) is 5.41 Å². The van der Waals surface area contributed by atoms with Gasteiger partial charge in [0.05, 0.1) is 33.0 Å². The van der Waals surface area contributed by atoms with Crippen molar-refractivity contribution in [3.63, 3.8) is 0 Å². The molecule has 1 amide bonds. The molecule has 2 fully saturated rings. The Balaban J connectivity index is 1.48. The Kier molecular flexibility index (Phi) is 5.93. The van der Waals surface area contributed by atoms with Crippen LogP contribution in [0.5, 0.6) is 5.75 Å². The highest BCUT2D eigenvalue weighted by molar-refractivity contribution is 5.89. The number of carbonyl (C=O) groups excluding carboxylic acids is 1. The number of hydrogen-bond donors (Lipinski definition) is 0. The molecule has 27 heavy (non-hydrogen) atoms. The van der Waals surface area contributed by atoms with Crippen molar-refractivity contribution >= 4 is 11.8 Å². The van der Waals surface area contributed by atoms with Crippen molar-refractivity contribution in [3.05, 3.63) is 24.3 Å². The Morgan fingerprint density at radius 2 is 1.81 bits per heavy atom. The maximum absolute atomic E-state index is 12.0. The summed E-state index contributed by atoms with van der Waals surface area (Å²) in [7, 11) is 1.59. The van der Waals surface area contributed by atoms with Crippen LogP contribution >= 0.6 is 0 Å². The summed E-state index contributed by atoms with van der Waals surface area (Å²) in [6.07, 6.45) is 0.0509. The molecule has 2 aliphatic rings. The van der Waals surface area contributed by atoms with Crippen molar-refractivity contribution in [2.45, 2.75) is 39.1 Å². The van der Waals surface area contributed by atoms with Gasteiger partial charge in [0, 0.05) is 24.6 Å². The van der Waals surface area contributed by atoms with E-state index in [1.807, 2.05) is 31.2 Å². The van der Waals surface area contributed by atoms with Crippen LogP contribution in [0.15, 0.2) is 24.3 Å². The van der Waals surface area contributed by atoms with E-state index in [1.165, 1.54) is 0 Å². The lowest BCUT2D eigenvalue weighted by molar-refractivity contribution is -0.293. The van der Waals surface area contributed by atoms with E-state index in [0.717, 1.165) is 11.4 Å². The van der Waals surface area contributed by atoms with Gasteiger partial charge in [0.1, 0.15) is 11.9 Å². The normalized spacial score (nSPS) is 23.9. The fourth-order valence-electron chi connectivity index (χ4n) is 3.01. The zero-order chi connectivity index (χ0) is 19.5. The summed E-state index contributed by atoms with van der Waals surface area (Å²) in [6.45, 7) is 8.90. The third-order valence-corrected chi connectivity index (χ3v) is 4.74. The van der Waals surface area contributed by atoms with Crippen molar-refractivity contribution in [2.75, 3.05) is 45.0 Å². The molecule has 150 valence electrons. The summed E-state index contributed by atoms with van der Waals surface area (Å²) < 4.78 is 27.9. The molecule has 0 aliphatic carbocycles. The van der Waals surface area contributed by atoms with Gasteiger partial charge in [-0.05, 0) is 31.2 Å². The Labute approximate surface area is 160 Å². The predicted molar refractivity (Wildman–Crippen MR) is 100 cm³/mol. The first kappa shape index (κ1) is 19.9. The number of ether oxygens (including phenoxy) is 5. The summed E-state index contributed by atoms with van der Waals surface area (Å²) in [5, 5.41) is 0. The first-order chi connectivity index (χ1) is 12.8. The van der Waals surface area contributed by atoms with Gasteiger partial charge < -0.3 is 23.7 Å². The van der Waals surface area contributed by atoms with Gasteiger partial charge in [0.2, 0.25) is 0 Å². The minimum Gasteiger partial charge on any atom is -0.493 e. The Hall–Kier alpha value is -1.83. The molecular formula is C20H29NO6. The topological polar surface area (TPSA) is 66.5 Å². The van der Waals surface area contributed by atoms with E-state index in [4.69, 9.17) is 23.7 Å². The minimum absolute atomic E-state index is 0.0508. The molecule has 7 heteroatoms. The second-order valence-corrected chi connectivity index (χ2v) is 8.04. The van der Waals surface area contributed by atoms with Crippen LogP contribution in [0.1, 0.15) is 27.2 Å². The molecule has 0 radical (unpaired) electrons. The second kappa shape index (κ2) is 8.04. The number of nitrogens with zero attached hydrogens (tertiary/aromatic N) is 1. The lowest BCUT2D eigenvalue weighted by Gasteiger charge is -2.41. The maximum Gasteiger partial charge on any atom is 0.414 e. The first-order valence-electron chi connectivity index (χ1n) is 9.28. The molecule has 1 aromatic carbocycles. The molecule has 7 nitrogen and oxygen atoms in total. The fraction of sp³-hybridized carbons (Fsp3) is 0.650. The highest BCUT2D eigenvalue weighted by Crippen LogP contribution is 2.31.